The van der Waals surface area contributed by atoms with Crippen LogP contribution in [0.3, 0.4) is 0 Å². The molecule has 0 atom stereocenters. The summed E-state index contributed by atoms with van der Waals surface area (Å²) in [7, 11) is -0.349. The summed E-state index contributed by atoms with van der Waals surface area (Å²) in [6, 6.07) is 0.379. The van der Waals surface area contributed by atoms with Gasteiger partial charge in [-0.25, -0.2) is 0 Å². The zero-order chi connectivity index (χ0) is 17.3. The Bertz CT molecular complexity index is 492. The molecule has 1 aromatic heterocycles. The summed E-state index contributed by atoms with van der Waals surface area (Å²) in [6.45, 7) is 12.2. The molecule has 23 heavy (non-hydrogen) atoms. The molecule has 0 amide bonds. The summed E-state index contributed by atoms with van der Waals surface area (Å²) in [5.74, 6) is 0. The molecule has 1 saturated carbocycles. The number of aromatic nitrogens is 2. The number of aliphatic hydroxyl groups is 1. The van der Waals surface area contributed by atoms with Crippen LogP contribution in [0, 0.1) is 0 Å². The van der Waals surface area contributed by atoms with Crippen molar-refractivity contribution in [2.24, 2.45) is 0 Å². The van der Waals surface area contributed by atoms with Crippen LogP contribution >= 0.6 is 0 Å². The third-order valence-corrected chi connectivity index (χ3v) is 5.19. The van der Waals surface area contributed by atoms with Crippen LogP contribution in [0.2, 0.25) is 0 Å². The normalized spacial score (nSPS) is 29.1. The number of nitrogens with zero attached hydrogens (tertiary/aromatic N) is 2. The van der Waals surface area contributed by atoms with E-state index in [9.17, 15) is 5.11 Å². The Kier molecular flexibility index (Phi) is 5.59. The standard InChI is InChI=1S/C15H25BN2O3.C2H6/c1-14(2)15(3,4)21-16(20-14)11-9-17-18(10-11)12-5-7-13(19)8-6-12;1-2/h9-10,12-13,19H,5-8H2,1-4H3;1-2H3. The lowest BCUT2D eigenvalue weighted by Gasteiger charge is -2.32. The largest absolute Gasteiger partial charge is 0.498 e. The SMILES string of the molecule is CC.CC1(C)OB(c2cnn(C3CCC(O)CC3)c2)OC1(C)C. The first-order valence-corrected chi connectivity index (χ1v) is 8.86. The number of rotatable bonds is 2. The van der Waals surface area contributed by atoms with Gasteiger partial charge in [-0.2, -0.15) is 5.10 Å². The van der Waals surface area contributed by atoms with Crippen LogP contribution in [-0.4, -0.2) is 39.3 Å². The predicted octanol–water partition coefficient (Wildman–Crippen LogP) is 2.68. The van der Waals surface area contributed by atoms with Crippen molar-refractivity contribution in [3.05, 3.63) is 12.4 Å². The molecular formula is C17H31BN2O3. The smallest absolute Gasteiger partial charge is 0.399 e. The molecule has 1 aromatic rings. The van der Waals surface area contributed by atoms with Gasteiger partial charge in [0.05, 0.1) is 23.3 Å². The Morgan fingerprint density at radius 3 is 2.13 bits per heavy atom. The molecule has 1 N–H and O–H groups in total. The number of hydrogen-bond donors (Lipinski definition) is 1. The molecule has 3 rings (SSSR count). The monoisotopic (exact) mass is 322 g/mol. The topological polar surface area (TPSA) is 56.5 Å². The summed E-state index contributed by atoms with van der Waals surface area (Å²) >= 11 is 0. The van der Waals surface area contributed by atoms with Crippen LogP contribution < -0.4 is 5.46 Å². The molecule has 2 aliphatic rings. The molecule has 0 bridgehead atoms. The molecule has 6 heteroatoms. The fourth-order valence-corrected chi connectivity index (χ4v) is 2.98. The van der Waals surface area contributed by atoms with Crippen LogP contribution in [-0.2, 0) is 9.31 Å². The van der Waals surface area contributed by atoms with Crippen molar-refractivity contribution < 1.29 is 14.4 Å². The van der Waals surface area contributed by atoms with Gasteiger partial charge in [0.2, 0.25) is 0 Å². The Morgan fingerprint density at radius 1 is 1.09 bits per heavy atom. The molecule has 1 aliphatic carbocycles. The van der Waals surface area contributed by atoms with Crippen LogP contribution in [0.25, 0.3) is 0 Å². The molecule has 0 unspecified atom stereocenters. The van der Waals surface area contributed by atoms with E-state index in [-0.39, 0.29) is 24.4 Å². The highest BCUT2D eigenvalue weighted by Crippen LogP contribution is 2.36. The van der Waals surface area contributed by atoms with Gasteiger partial charge in [-0.05, 0) is 53.4 Å². The zero-order valence-corrected chi connectivity index (χ0v) is 15.4. The molecule has 1 saturated heterocycles. The van der Waals surface area contributed by atoms with Crippen molar-refractivity contribution in [1.29, 1.82) is 0 Å². The van der Waals surface area contributed by atoms with Crippen molar-refractivity contribution >= 4 is 12.6 Å². The molecule has 130 valence electrons. The van der Waals surface area contributed by atoms with E-state index in [2.05, 4.69) is 32.8 Å². The van der Waals surface area contributed by atoms with Crippen molar-refractivity contribution in [2.75, 3.05) is 0 Å². The fraction of sp³-hybridized carbons (Fsp3) is 0.824. The first kappa shape index (κ1) is 18.5. The number of aliphatic hydroxyl groups excluding tert-OH is 1. The van der Waals surface area contributed by atoms with Crippen LogP contribution in [0.4, 0.5) is 0 Å². The van der Waals surface area contributed by atoms with Crippen molar-refractivity contribution in [1.82, 2.24) is 9.78 Å². The Balaban J connectivity index is 0.000000924. The summed E-state index contributed by atoms with van der Waals surface area (Å²) < 4.78 is 14.1. The summed E-state index contributed by atoms with van der Waals surface area (Å²) in [5.41, 5.74) is 0.323. The second-order valence-electron chi connectivity index (χ2n) is 7.30. The first-order chi connectivity index (χ1) is 10.8. The molecule has 1 aliphatic heterocycles. The summed E-state index contributed by atoms with van der Waals surface area (Å²) in [6.07, 6.45) is 7.40. The molecule has 5 nitrogen and oxygen atoms in total. The average Bonchev–Trinajstić information content (AvgIpc) is 3.05. The molecule has 2 heterocycles. The van der Waals surface area contributed by atoms with E-state index in [1.165, 1.54) is 0 Å². The third kappa shape index (κ3) is 3.81. The maximum Gasteiger partial charge on any atom is 0.498 e. The molecule has 0 radical (unpaired) electrons. The third-order valence-electron chi connectivity index (χ3n) is 5.19. The summed E-state index contributed by atoms with van der Waals surface area (Å²) in [4.78, 5) is 0. The minimum atomic E-state index is -0.349. The lowest BCUT2D eigenvalue weighted by atomic mass is 9.82. The van der Waals surface area contributed by atoms with Crippen LogP contribution in [0.1, 0.15) is 73.3 Å². The highest BCUT2D eigenvalue weighted by molar-refractivity contribution is 6.61. The van der Waals surface area contributed by atoms with E-state index in [0.29, 0.717) is 6.04 Å². The predicted molar refractivity (Wildman–Crippen MR) is 92.8 cm³/mol. The van der Waals surface area contributed by atoms with E-state index < -0.39 is 0 Å². The minimum absolute atomic E-state index is 0.139. The van der Waals surface area contributed by atoms with Crippen LogP contribution in [0.5, 0.6) is 0 Å². The van der Waals surface area contributed by atoms with Crippen molar-refractivity contribution in [2.45, 2.75) is 90.6 Å². The van der Waals surface area contributed by atoms with Gasteiger partial charge in [0.25, 0.3) is 0 Å². The zero-order valence-electron chi connectivity index (χ0n) is 15.4. The Labute approximate surface area is 140 Å². The van der Waals surface area contributed by atoms with Gasteiger partial charge in [-0.3, -0.25) is 4.68 Å². The summed E-state index contributed by atoms with van der Waals surface area (Å²) in [5, 5.41) is 14.1. The van der Waals surface area contributed by atoms with Gasteiger partial charge in [0.1, 0.15) is 0 Å². The fourth-order valence-electron chi connectivity index (χ4n) is 2.98. The first-order valence-electron chi connectivity index (χ1n) is 8.86. The van der Waals surface area contributed by atoms with E-state index in [0.717, 1.165) is 31.1 Å². The Morgan fingerprint density at radius 2 is 1.61 bits per heavy atom. The van der Waals surface area contributed by atoms with Gasteiger partial charge < -0.3 is 14.4 Å². The van der Waals surface area contributed by atoms with Gasteiger partial charge in [0.15, 0.2) is 0 Å². The highest BCUT2D eigenvalue weighted by atomic mass is 16.7. The van der Waals surface area contributed by atoms with E-state index in [1.54, 1.807) is 0 Å². The van der Waals surface area contributed by atoms with Gasteiger partial charge in [-0.1, -0.05) is 13.8 Å². The molecule has 0 spiro atoms. The minimum Gasteiger partial charge on any atom is -0.399 e. The van der Waals surface area contributed by atoms with Crippen molar-refractivity contribution in [3.8, 4) is 0 Å². The van der Waals surface area contributed by atoms with Gasteiger partial charge >= 0.3 is 7.12 Å². The lowest BCUT2D eigenvalue weighted by Crippen LogP contribution is -2.41. The van der Waals surface area contributed by atoms with Gasteiger partial charge in [-0.15, -0.1) is 0 Å². The Hall–Kier alpha value is -0.845. The highest BCUT2D eigenvalue weighted by Gasteiger charge is 2.52. The molecule has 0 aromatic carbocycles. The second-order valence-corrected chi connectivity index (χ2v) is 7.30. The van der Waals surface area contributed by atoms with Crippen molar-refractivity contribution in [3.63, 3.8) is 0 Å². The van der Waals surface area contributed by atoms with E-state index in [1.807, 2.05) is 30.9 Å². The number of hydrogen-bond acceptors (Lipinski definition) is 4. The van der Waals surface area contributed by atoms with E-state index >= 15 is 0 Å². The molecule has 2 fully saturated rings. The maximum absolute atomic E-state index is 9.60. The second kappa shape index (κ2) is 6.95. The van der Waals surface area contributed by atoms with Gasteiger partial charge in [0, 0.05) is 17.9 Å². The van der Waals surface area contributed by atoms with E-state index in [4.69, 9.17) is 9.31 Å². The quantitative estimate of drug-likeness (QED) is 0.851. The average molecular weight is 322 g/mol. The molecular weight excluding hydrogens is 291 g/mol. The van der Waals surface area contributed by atoms with Crippen LogP contribution in [0.15, 0.2) is 12.4 Å². The maximum atomic E-state index is 9.60. The lowest BCUT2D eigenvalue weighted by molar-refractivity contribution is 0.00578.